The van der Waals surface area contributed by atoms with E-state index in [9.17, 15) is 0 Å². The lowest BCUT2D eigenvalue weighted by atomic mass is 10.2. The third-order valence-corrected chi connectivity index (χ3v) is 3.25. The first-order chi connectivity index (χ1) is 8.17. The zero-order valence-corrected chi connectivity index (χ0v) is 12.3. The summed E-state index contributed by atoms with van der Waals surface area (Å²) in [6, 6.07) is 5.63. The lowest BCUT2D eigenvalue weighted by molar-refractivity contribution is -0.0260. The number of nitrogens with zero attached hydrogens (tertiary/aromatic N) is 1. The van der Waals surface area contributed by atoms with E-state index in [1.165, 1.54) is 0 Å². The van der Waals surface area contributed by atoms with E-state index in [0.29, 0.717) is 16.6 Å². The van der Waals surface area contributed by atoms with Gasteiger partial charge in [-0.25, -0.2) is 0 Å². The van der Waals surface area contributed by atoms with Crippen molar-refractivity contribution < 1.29 is 4.74 Å². The molecular weight excluding hydrogens is 295 g/mol. The Morgan fingerprint density at radius 2 is 1.94 bits per heavy atom. The molecule has 6 heteroatoms. The average molecular weight is 312 g/mol. The second-order valence-corrected chi connectivity index (χ2v) is 5.11. The maximum absolute atomic E-state index is 5.98. The van der Waals surface area contributed by atoms with E-state index in [1.807, 2.05) is 12.1 Å². The molecule has 1 heterocycles. The number of hydrogen-bond acceptors (Lipinski definition) is 3. The lowest BCUT2D eigenvalue weighted by Crippen LogP contribution is -2.45. The maximum atomic E-state index is 5.98. The van der Waals surface area contributed by atoms with Crippen molar-refractivity contribution in [3.8, 4) is 0 Å². The van der Waals surface area contributed by atoms with Crippen LogP contribution in [0.15, 0.2) is 18.2 Å². The Kier molecular flexibility index (Phi) is 6.71. The zero-order valence-electron chi connectivity index (χ0n) is 9.94. The Morgan fingerprint density at radius 3 is 2.56 bits per heavy atom. The quantitative estimate of drug-likeness (QED) is 0.932. The molecule has 0 saturated carbocycles. The topological polar surface area (TPSA) is 38.5 Å². The highest BCUT2D eigenvalue weighted by Crippen LogP contribution is 2.20. The van der Waals surface area contributed by atoms with Gasteiger partial charge in [0.05, 0.1) is 12.7 Å². The summed E-state index contributed by atoms with van der Waals surface area (Å²) in [7, 11) is 0. The van der Waals surface area contributed by atoms with E-state index in [0.717, 1.165) is 31.8 Å². The normalized spacial score (nSPS) is 20.5. The minimum atomic E-state index is 0. The smallest absolute Gasteiger partial charge is 0.0824 e. The van der Waals surface area contributed by atoms with Crippen molar-refractivity contribution in [1.82, 2.24) is 4.90 Å². The van der Waals surface area contributed by atoms with Crippen LogP contribution < -0.4 is 5.73 Å². The molecule has 1 aromatic rings. The highest BCUT2D eigenvalue weighted by atomic mass is 35.5. The van der Waals surface area contributed by atoms with Gasteiger partial charge in [-0.15, -0.1) is 12.4 Å². The molecule has 0 bridgehead atoms. The standard InChI is InChI=1S/C12H16Cl2N2O.ClH/c13-10-3-9(4-11(14)5-10)7-16-1-2-17-12(6-15)8-16;/h3-5,12H,1-2,6-8,15H2;1H. The van der Waals surface area contributed by atoms with E-state index in [1.54, 1.807) is 6.07 Å². The molecule has 0 aliphatic carbocycles. The van der Waals surface area contributed by atoms with Crippen LogP contribution in [0.25, 0.3) is 0 Å². The first-order valence-corrected chi connectivity index (χ1v) is 6.42. The van der Waals surface area contributed by atoms with Crippen LogP contribution in [0.3, 0.4) is 0 Å². The molecule has 0 radical (unpaired) electrons. The van der Waals surface area contributed by atoms with E-state index >= 15 is 0 Å². The summed E-state index contributed by atoms with van der Waals surface area (Å²) in [5.74, 6) is 0. The summed E-state index contributed by atoms with van der Waals surface area (Å²) < 4.78 is 5.52. The molecular formula is C12H17Cl3N2O. The molecule has 1 aliphatic rings. The van der Waals surface area contributed by atoms with Gasteiger partial charge in [-0.05, 0) is 23.8 Å². The van der Waals surface area contributed by atoms with E-state index in [4.69, 9.17) is 33.7 Å². The third kappa shape index (κ3) is 4.57. The molecule has 1 fully saturated rings. The van der Waals surface area contributed by atoms with Gasteiger partial charge in [0.2, 0.25) is 0 Å². The summed E-state index contributed by atoms with van der Waals surface area (Å²) >= 11 is 12.0. The molecule has 18 heavy (non-hydrogen) atoms. The molecule has 2 N–H and O–H groups in total. The molecule has 102 valence electrons. The van der Waals surface area contributed by atoms with Gasteiger partial charge in [-0.2, -0.15) is 0 Å². The SMILES string of the molecule is Cl.NCC1CN(Cc2cc(Cl)cc(Cl)c2)CCO1. The van der Waals surface area contributed by atoms with Crippen LogP contribution in [-0.2, 0) is 11.3 Å². The number of ether oxygens (including phenoxy) is 1. The van der Waals surface area contributed by atoms with Gasteiger partial charge >= 0.3 is 0 Å². The molecule has 0 spiro atoms. The first kappa shape index (κ1) is 16.0. The minimum Gasteiger partial charge on any atom is -0.374 e. The van der Waals surface area contributed by atoms with E-state index in [2.05, 4.69) is 4.90 Å². The molecule has 1 unspecified atom stereocenters. The van der Waals surface area contributed by atoms with Crippen molar-refractivity contribution in [3.63, 3.8) is 0 Å². The number of nitrogens with two attached hydrogens (primary N) is 1. The molecule has 3 nitrogen and oxygen atoms in total. The molecule has 1 aromatic carbocycles. The number of halogens is 3. The fourth-order valence-electron chi connectivity index (χ4n) is 2.03. The molecule has 1 saturated heterocycles. The Hall–Kier alpha value is -0.0300. The predicted octanol–water partition coefficient (Wildman–Crippen LogP) is 2.57. The molecule has 2 rings (SSSR count). The Bertz CT molecular complexity index is 369. The molecule has 0 amide bonds. The lowest BCUT2D eigenvalue weighted by Gasteiger charge is -2.32. The Labute approximate surface area is 124 Å². The summed E-state index contributed by atoms with van der Waals surface area (Å²) in [6.07, 6.45) is 0.137. The van der Waals surface area contributed by atoms with Crippen LogP contribution in [0.2, 0.25) is 10.0 Å². The Balaban J connectivity index is 0.00000162. The van der Waals surface area contributed by atoms with Crippen LogP contribution >= 0.6 is 35.6 Å². The monoisotopic (exact) mass is 310 g/mol. The van der Waals surface area contributed by atoms with Crippen LogP contribution in [0.4, 0.5) is 0 Å². The first-order valence-electron chi connectivity index (χ1n) is 5.66. The van der Waals surface area contributed by atoms with Gasteiger partial charge in [-0.3, -0.25) is 4.90 Å². The fourth-order valence-corrected chi connectivity index (χ4v) is 2.60. The van der Waals surface area contributed by atoms with Crippen LogP contribution in [0, 0.1) is 0 Å². The van der Waals surface area contributed by atoms with Gasteiger partial charge < -0.3 is 10.5 Å². The highest BCUT2D eigenvalue weighted by molar-refractivity contribution is 6.34. The largest absolute Gasteiger partial charge is 0.374 e. The van der Waals surface area contributed by atoms with Gasteiger partial charge in [0.25, 0.3) is 0 Å². The number of morpholine rings is 1. The summed E-state index contributed by atoms with van der Waals surface area (Å²) in [5.41, 5.74) is 6.74. The Morgan fingerprint density at radius 1 is 1.28 bits per heavy atom. The second-order valence-electron chi connectivity index (χ2n) is 4.24. The van der Waals surface area contributed by atoms with Gasteiger partial charge in [0, 0.05) is 36.2 Å². The maximum Gasteiger partial charge on any atom is 0.0824 e. The molecule has 1 atom stereocenters. The van der Waals surface area contributed by atoms with Crippen molar-refractivity contribution >= 4 is 35.6 Å². The van der Waals surface area contributed by atoms with Crippen molar-refractivity contribution in [2.45, 2.75) is 12.6 Å². The van der Waals surface area contributed by atoms with Crippen molar-refractivity contribution in [2.24, 2.45) is 5.73 Å². The molecule has 0 aromatic heterocycles. The molecule has 1 aliphatic heterocycles. The second kappa shape index (κ2) is 7.53. The average Bonchev–Trinajstić information content (AvgIpc) is 2.28. The number of hydrogen-bond donors (Lipinski definition) is 1. The third-order valence-electron chi connectivity index (χ3n) is 2.81. The van der Waals surface area contributed by atoms with Crippen LogP contribution in [0.1, 0.15) is 5.56 Å². The summed E-state index contributed by atoms with van der Waals surface area (Å²) in [6.45, 7) is 3.91. The van der Waals surface area contributed by atoms with Crippen LogP contribution in [0.5, 0.6) is 0 Å². The van der Waals surface area contributed by atoms with Gasteiger partial charge in [-0.1, -0.05) is 23.2 Å². The van der Waals surface area contributed by atoms with E-state index < -0.39 is 0 Å². The van der Waals surface area contributed by atoms with Crippen LogP contribution in [-0.4, -0.2) is 37.2 Å². The fraction of sp³-hybridized carbons (Fsp3) is 0.500. The van der Waals surface area contributed by atoms with Gasteiger partial charge in [0.15, 0.2) is 0 Å². The zero-order chi connectivity index (χ0) is 12.3. The minimum absolute atomic E-state index is 0. The predicted molar refractivity (Wildman–Crippen MR) is 77.8 cm³/mol. The highest BCUT2D eigenvalue weighted by Gasteiger charge is 2.19. The summed E-state index contributed by atoms with van der Waals surface area (Å²) in [4.78, 5) is 2.31. The van der Waals surface area contributed by atoms with Crippen molar-refractivity contribution in [3.05, 3.63) is 33.8 Å². The van der Waals surface area contributed by atoms with Gasteiger partial charge in [0.1, 0.15) is 0 Å². The van der Waals surface area contributed by atoms with E-state index in [-0.39, 0.29) is 18.5 Å². The van der Waals surface area contributed by atoms with Crippen molar-refractivity contribution in [1.29, 1.82) is 0 Å². The summed E-state index contributed by atoms with van der Waals surface area (Å²) in [5, 5.41) is 1.35. The van der Waals surface area contributed by atoms with Crippen molar-refractivity contribution in [2.75, 3.05) is 26.2 Å². The number of benzene rings is 1. The number of rotatable bonds is 3.